The number of para-hydroxylation sites is 1. The fourth-order valence-electron chi connectivity index (χ4n) is 4.89. The van der Waals surface area contributed by atoms with Crippen molar-refractivity contribution < 1.29 is 22.8 Å². The first-order chi connectivity index (χ1) is 18.3. The molecule has 1 aliphatic heterocycles. The molecule has 10 nitrogen and oxygen atoms in total. The molecule has 1 saturated carbocycles. The average molecular weight is 554 g/mol. The van der Waals surface area contributed by atoms with E-state index in [0.717, 1.165) is 37.7 Å². The van der Waals surface area contributed by atoms with Crippen LogP contribution in [-0.4, -0.2) is 45.2 Å². The Morgan fingerprint density at radius 3 is 2.41 bits per heavy atom. The number of rotatable bonds is 5. The van der Waals surface area contributed by atoms with Gasteiger partial charge in [-0.25, -0.2) is 17.9 Å². The lowest BCUT2D eigenvalue weighted by Crippen LogP contribution is -2.63. The number of carbonyl (C=O) groups excluding carboxylic acids is 3. The van der Waals surface area contributed by atoms with E-state index < -0.39 is 33.0 Å². The molecule has 0 saturated heterocycles. The third-order valence-corrected chi connectivity index (χ3v) is 8.48. The van der Waals surface area contributed by atoms with Crippen molar-refractivity contribution in [3.63, 3.8) is 0 Å². The van der Waals surface area contributed by atoms with Gasteiger partial charge in [0.05, 0.1) is 10.6 Å². The number of benzodiazepines with no additional fused rings is 1. The monoisotopic (exact) mass is 553 g/mol. The van der Waals surface area contributed by atoms with E-state index in [2.05, 4.69) is 15.4 Å². The third-order valence-electron chi connectivity index (χ3n) is 7.15. The van der Waals surface area contributed by atoms with Crippen molar-refractivity contribution in [2.75, 3.05) is 17.3 Å². The average Bonchev–Trinajstić information content (AvgIpc) is 3.00. The summed E-state index contributed by atoms with van der Waals surface area (Å²) in [6.45, 7) is 4.82. The molecule has 2 aromatic carbocycles. The van der Waals surface area contributed by atoms with Crippen LogP contribution < -0.4 is 20.3 Å². The van der Waals surface area contributed by atoms with Crippen molar-refractivity contribution in [2.24, 2.45) is 16.3 Å². The zero-order valence-corrected chi connectivity index (χ0v) is 23.5. The van der Waals surface area contributed by atoms with Crippen molar-refractivity contribution in [1.29, 1.82) is 0 Å². The number of nitrogens with zero attached hydrogens (tertiary/aromatic N) is 2. The third kappa shape index (κ3) is 5.98. The Hall–Kier alpha value is -3.73. The first kappa shape index (κ1) is 28.3. The molecule has 2 aromatic rings. The number of hydrogen-bond acceptors (Lipinski definition) is 6. The van der Waals surface area contributed by atoms with Crippen molar-refractivity contribution in [1.82, 2.24) is 10.0 Å². The minimum Gasteiger partial charge on any atom is -0.311 e. The van der Waals surface area contributed by atoms with Crippen LogP contribution in [0.25, 0.3) is 0 Å². The summed E-state index contributed by atoms with van der Waals surface area (Å²) in [6.07, 6.45) is 6.00. The maximum absolute atomic E-state index is 13.9. The van der Waals surface area contributed by atoms with E-state index in [1.807, 2.05) is 24.3 Å². The van der Waals surface area contributed by atoms with Crippen molar-refractivity contribution in [3.8, 4) is 0 Å². The Balaban J connectivity index is 1.61. The van der Waals surface area contributed by atoms with Gasteiger partial charge in [-0.05, 0) is 37.1 Å². The van der Waals surface area contributed by atoms with Gasteiger partial charge in [0.15, 0.2) is 0 Å². The van der Waals surface area contributed by atoms with Gasteiger partial charge in [0.1, 0.15) is 0 Å². The molecular formula is C28H35N5O5S. The molecule has 3 N–H and O–H groups in total. The smallest absolute Gasteiger partial charge is 0.311 e. The lowest BCUT2D eigenvalue weighted by atomic mass is 9.79. The van der Waals surface area contributed by atoms with Gasteiger partial charge in [0.2, 0.25) is 11.6 Å². The van der Waals surface area contributed by atoms with Crippen LogP contribution in [0.1, 0.15) is 58.4 Å². The van der Waals surface area contributed by atoms with Gasteiger partial charge in [-0.3, -0.25) is 14.6 Å². The largest absolute Gasteiger partial charge is 0.321 e. The SMILES string of the molecule is CN1C(=O)C(NC(=O)Nc2cccc(S(=O)(=O)NC(=O)C(C)(C)C)c2)(C2CCCCC2)N=Cc2ccccc21. The molecule has 208 valence electrons. The number of carbonyl (C=O) groups is 3. The molecule has 4 rings (SSSR count). The summed E-state index contributed by atoms with van der Waals surface area (Å²) >= 11 is 0. The van der Waals surface area contributed by atoms with Crippen molar-refractivity contribution >= 4 is 45.5 Å². The first-order valence-corrected chi connectivity index (χ1v) is 14.5. The van der Waals surface area contributed by atoms with E-state index in [0.29, 0.717) is 5.69 Å². The molecule has 39 heavy (non-hydrogen) atoms. The molecule has 1 atom stereocenters. The van der Waals surface area contributed by atoms with Gasteiger partial charge in [0, 0.05) is 35.8 Å². The summed E-state index contributed by atoms with van der Waals surface area (Å²) in [6, 6.07) is 12.3. The maximum atomic E-state index is 13.9. The van der Waals surface area contributed by atoms with Crippen LogP contribution in [0.2, 0.25) is 0 Å². The first-order valence-electron chi connectivity index (χ1n) is 13.0. The Morgan fingerprint density at radius 1 is 1.03 bits per heavy atom. The molecular weight excluding hydrogens is 518 g/mol. The van der Waals surface area contributed by atoms with Crippen LogP contribution in [0.5, 0.6) is 0 Å². The van der Waals surface area contributed by atoms with Gasteiger partial charge < -0.3 is 15.5 Å². The predicted octanol–water partition coefficient (Wildman–Crippen LogP) is 4.03. The van der Waals surface area contributed by atoms with Gasteiger partial charge in [0.25, 0.3) is 15.9 Å². The molecule has 1 heterocycles. The Kier molecular flexibility index (Phi) is 7.83. The van der Waals surface area contributed by atoms with Gasteiger partial charge >= 0.3 is 6.03 Å². The van der Waals surface area contributed by atoms with Crippen molar-refractivity contribution in [2.45, 2.75) is 63.4 Å². The van der Waals surface area contributed by atoms with Gasteiger partial charge in [-0.15, -0.1) is 0 Å². The summed E-state index contributed by atoms with van der Waals surface area (Å²) in [7, 11) is -2.49. The number of benzene rings is 2. The quantitative estimate of drug-likeness (QED) is 0.513. The Labute approximate surface area is 229 Å². The second-order valence-corrected chi connectivity index (χ2v) is 12.8. The van der Waals surface area contributed by atoms with E-state index in [4.69, 9.17) is 4.99 Å². The second-order valence-electron chi connectivity index (χ2n) is 11.1. The minimum atomic E-state index is -4.16. The van der Waals surface area contributed by atoms with Crippen LogP contribution in [0.3, 0.4) is 0 Å². The number of hydrogen-bond donors (Lipinski definition) is 3. The van der Waals surface area contributed by atoms with Crippen LogP contribution in [0.15, 0.2) is 58.4 Å². The number of aliphatic imine (C=N–C) groups is 1. The fourth-order valence-corrected chi connectivity index (χ4v) is 6.10. The summed E-state index contributed by atoms with van der Waals surface area (Å²) in [5, 5.41) is 5.51. The molecule has 2 aliphatic rings. The van der Waals surface area contributed by atoms with Crippen LogP contribution in [0, 0.1) is 11.3 Å². The summed E-state index contributed by atoms with van der Waals surface area (Å²) in [5.74, 6) is -1.20. The maximum Gasteiger partial charge on any atom is 0.321 e. The number of anilines is 2. The molecule has 0 bridgehead atoms. The summed E-state index contributed by atoms with van der Waals surface area (Å²) in [4.78, 5) is 45.6. The second kappa shape index (κ2) is 10.8. The predicted molar refractivity (Wildman–Crippen MR) is 150 cm³/mol. The number of urea groups is 1. The lowest BCUT2D eigenvalue weighted by molar-refractivity contribution is -0.127. The van der Waals surface area contributed by atoms with E-state index in [-0.39, 0.29) is 22.4 Å². The topological polar surface area (TPSA) is 137 Å². The Morgan fingerprint density at radius 2 is 1.72 bits per heavy atom. The Bertz CT molecular complexity index is 1410. The van der Waals surface area contributed by atoms with Gasteiger partial charge in [-0.2, -0.15) is 0 Å². The highest BCUT2D eigenvalue weighted by atomic mass is 32.2. The zero-order valence-electron chi connectivity index (χ0n) is 22.7. The minimum absolute atomic E-state index is 0.180. The standard InChI is InChI=1S/C28H35N5O5S/c1-27(2,3)24(34)32-39(37,38)22-15-10-14-21(17-22)30-26(36)31-28(20-12-6-5-7-13-20)25(35)33(4)23-16-9-8-11-19(23)18-29-28/h8-11,14-18,20H,5-7,12-13H2,1-4H3,(H,32,34)(H2,30,31,36). The van der Waals surface area contributed by atoms with E-state index in [1.54, 1.807) is 34.0 Å². The van der Waals surface area contributed by atoms with E-state index in [9.17, 15) is 22.8 Å². The fraction of sp³-hybridized carbons (Fsp3) is 0.429. The molecule has 1 fully saturated rings. The van der Waals surface area contributed by atoms with E-state index >= 15 is 0 Å². The zero-order chi connectivity index (χ0) is 28.4. The number of sulfonamides is 1. The lowest BCUT2D eigenvalue weighted by Gasteiger charge is -2.40. The molecule has 0 radical (unpaired) electrons. The number of amides is 4. The number of fused-ring (bicyclic) bond motifs is 1. The highest BCUT2D eigenvalue weighted by molar-refractivity contribution is 7.90. The highest BCUT2D eigenvalue weighted by Gasteiger charge is 2.49. The summed E-state index contributed by atoms with van der Waals surface area (Å²) in [5.41, 5.74) is -0.791. The van der Waals surface area contributed by atoms with Crippen LogP contribution in [0.4, 0.5) is 16.2 Å². The van der Waals surface area contributed by atoms with E-state index in [1.165, 1.54) is 29.2 Å². The number of nitrogens with one attached hydrogen (secondary N) is 3. The molecule has 4 amide bonds. The molecule has 11 heteroatoms. The summed E-state index contributed by atoms with van der Waals surface area (Å²) < 4.78 is 27.7. The van der Waals surface area contributed by atoms with Crippen LogP contribution >= 0.6 is 0 Å². The normalized spacial score (nSPS) is 20.1. The number of likely N-dealkylation sites (N-methyl/N-ethyl adjacent to an activating group) is 1. The van der Waals surface area contributed by atoms with Crippen molar-refractivity contribution in [3.05, 3.63) is 54.1 Å². The molecule has 1 unspecified atom stereocenters. The molecule has 1 aliphatic carbocycles. The van der Waals surface area contributed by atoms with Gasteiger partial charge in [-0.1, -0.05) is 64.3 Å². The highest BCUT2D eigenvalue weighted by Crippen LogP contribution is 2.38. The molecule has 0 spiro atoms. The van der Waals surface area contributed by atoms with Crippen LogP contribution in [-0.2, 0) is 19.6 Å². The molecule has 0 aromatic heterocycles.